The lowest BCUT2D eigenvalue weighted by atomic mass is 10.0. The zero-order chi connectivity index (χ0) is 46.9. The number of carbonyl (C=O) groups is 3. The van der Waals surface area contributed by atoms with E-state index in [1.807, 2.05) is 0 Å². The number of hydrogen-bond acceptors (Lipinski definition) is 12. The number of alkyl halides is 4. The minimum atomic E-state index is -4.63. The molecular weight excluding hydrogens is 940 g/mol. The highest BCUT2D eigenvalue weighted by atomic mass is 35.5. The number of carbonyl (C=O) groups excluding carboxylic acids is 3. The number of rotatable bonds is 17. The molecule has 13 nitrogen and oxygen atoms in total. The van der Waals surface area contributed by atoms with Crippen LogP contribution < -0.4 is 25.4 Å². The van der Waals surface area contributed by atoms with Gasteiger partial charge in [0.1, 0.15) is 11.6 Å². The van der Waals surface area contributed by atoms with E-state index in [-0.39, 0.29) is 53.3 Å². The second-order valence-corrected chi connectivity index (χ2v) is 15.5. The third-order valence-electron chi connectivity index (χ3n) is 9.27. The minimum Gasteiger partial charge on any atom is -0.467 e. The molecule has 65 heavy (non-hydrogen) atoms. The number of aromatic nitrogens is 4. The number of benzene rings is 4. The zero-order valence-corrected chi connectivity index (χ0v) is 37.1. The van der Waals surface area contributed by atoms with Crippen molar-refractivity contribution in [3.63, 3.8) is 0 Å². The lowest BCUT2D eigenvalue weighted by Crippen LogP contribution is -2.36. The molecule has 0 radical (unpaired) electrons. The van der Waals surface area contributed by atoms with Gasteiger partial charge in [-0.05, 0) is 67.3 Å². The number of methoxy groups -OCH3 is 1. The third-order valence-corrected chi connectivity index (χ3v) is 10.4. The van der Waals surface area contributed by atoms with Gasteiger partial charge in [0.05, 0.1) is 18.5 Å². The Labute approximate surface area is 388 Å². The van der Waals surface area contributed by atoms with Crippen LogP contribution in [0.15, 0.2) is 97.1 Å². The molecule has 0 saturated carbocycles. The van der Waals surface area contributed by atoms with Gasteiger partial charge in [-0.2, -0.15) is 37.5 Å². The summed E-state index contributed by atoms with van der Waals surface area (Å²) in [5.41, 5.74) is -0.409. The maximum atomic E-state index is 15.8. The van der Waals surface area contributed by atoms with Crippen LogP contribution in [0.25, 0.3) is 22.5 Å². The largest absolute Gasteiger partial charge is 0.467 e. The monoisotopic (exact) mass is 973 g/mol. The van der Waals surface area contributed by atoms with Crippen molar-refractivity contribution in [3.8, 4) is 34.5 Å². The molecule has 6 rings (SSSR count). The standard InChI is InChI=1S/C44H35Cl4F4N7O6/c1-3-53-42(62)65-41-57-35(23-37(59-41)55-17-15-25-11-13-31(46)21-33(25)48)27-7-5-9-29(19-27)44(51,52)39(61)64-38(60)43(49,50)28-8-4-6-26(18-28)34-22-36(58-40(56-34)63-2)54-16-14-24-10-12-30(45)20-32(24)47/h4-13,18-23H,3,14-17H2,1-2H3,(H,53,62)(H,54,56,58)(H,55,57,59). The van der Waals surface area contributed by atoms with Gasteiger partial charge in [0.15, 0.2) is 0 Å². The fraction of sp³-hybridized carbons (Fsp3) is 0.205. The molecule has 0 saturated heterocycles. The van der Waals surface area contributed by atoms with E-state index in [2.05, 4.69) is 40.6 Å². The molecule has 338 valence electrons. The van der Waals surface area contributed by atoms with Gasteiger partial charge in [0.2, 0.25) is 0 Å². The Hall–Kier alpha value is -6.27. The predicted octanol–water partition coefficient (Wildman–Crippen LogP) is 10.6. The van der Waals surface area contributed by atoms with E-state index in [9.17, 15) is 14.4 Å². The van der Waals surface area contributed by atoms with Crippen LogP contribution in [0.3, 0.4) is 0 Å². The van der Waals surface area contributed by atoms with Crippen LogP contribution in [0.4, 0.5) is 34.0 Å². The van der Waals surface area contributed by atoms with Crippen LogP contribution in [0.2, 0.25) is 20.1 Å². The Bertz CT molecular complexity index is 2740. The molecule has 0 fully saturated rings. The number of nitrogens with zero attached hydrogens (tertiary/aromatic N) is 4. The molecule has 0 aliphatic rings. The van der Waals surface area contributed by atoms with Crippen molar-refractivity contribution in [1.82, 2.24) is 25.3 Å². The number of nitrogens with one attached hydrogen (secondary N) is 3. The van der Waals surface area contributed by atoms with E-state index in [4.69, 9.17) is 55.9 Å². The van der Waals surface area contributed by atoms with Gasteiger partial charge in [0, 0.05) is 74.1 Å². The highest BCUT2D eigenvalue weighted by molar-refractivity contribution is 6.35. The van der Waals surface area contributed by atoms with Crippen molar-refractivity contribution in [1.29, 1.82) is 0 Å². The van der Waals surface area contributed by atoms with Gasteiger partial charge < -0.3 is 30.2 Å². The first kappa shape index (κ1) is 48.2. The molecule has 4 aromatic carbocycles. The molecule has 0 aliphatic heterocycles. The number of halogens is 8. The normalized spacial score (nSPS) is 11.4. The molecule has 2 heterocycles. The van der Waals surface area contributed by atoms with E-state index >= 15 is 17.6 Å². The van der Waals surface area contributed by atoms with E-state index < -0.39 is 47.0 Å². The SMILES string of the molecule is CCNC(=O)Oc1nc(NCCc2ccc(Cl)cc2Cl)cc(-c2cccc(C(F)(F)C(=O)OC(=O)C(F)(F)c3cccc(-c4cc(NCCc5ccc(Cl)cc5Cl)nc(OC)n4)c3)c2)n1. The third kappa shape index (κ3) is 12.3. The number of esters is 2. The van der Waals surface area contributed by atoms with Crippen LogP contribution in [0.5, 0.6) is 12.0 Å². The van der Waals surface area contributed by atoms with Crippen molar-refractivity contribution < 1.29 is 46.2 Å². The number of ether oxygens (including phenoxy) is 3. The van der Waals surface area contributed by atoms with Crippen LogP contribution >= 0.6 is 46.4 Å². The molecule has 3 N–H and O–H groups in total. The van der Waals surface area contributed by atoms with Crippen molar-refractivity contribution in [3.05, 3.63) is 139 Å². The summed E-state index contributed by atoms with van der Waals surface area (Å²) < 4.78 is 77.4. The molecule has 2 aromatic heterocycles. The number of amides is 1. The second kappa shape index (κ2) is 21.1. The van der Waals surface area contributed by atoms with Gasteiger partial charge in [-0.15, -0.1) is 0 Å². The summed E-state index contributed by atoms with van der Waals surface area (Å²) in [7, 11) is 1.30. The summed E-state index contributed by atoms with van der Waals surface area (Å²) >= 11 is 24.5. The summed E-state index contributed by atoms with van der Waals surface area (Å²) in [6.07, 6.45) is -0.0382. The van der Waals surface area contributed by atoms with E-state index in [1.165, 1.54) is 37.4 Å². The summed E-state index contributed by atoms with van der Waals surface area (Å²) in [5, 5.41) is 10.4. The van der Waals surface area contributed by atoms with E-state index in [1.54, 1.807) is 43.3 Å². The minimum absolute atomic E-state index is 0.0407. The van der Waals surface area contributed by atoms with Crippen molar-refractivity contribution >= 4 is 76.1 Å². The quantitative estimate of drug-likeness (QED) is 0.0450. The fourth-order valence-corrected chi connectivity index (χ4v) is 7.03. The highest BCUT2D eigenvalue weighted by Crippen LogP contribution is 2.37. The molecule has 0 spiro atoms. The van der Waals surface area contributed by atoms with Crippen LogP contribution in [-0.4, -0.2) is 64.7 Å². The van der Waals surface area contributed by atoms with E-state index in [0.717, 1.165) is 41.5 Å². The smallest absolute Gasteiger partial charge is 0.415 e. The fourth-order valence-electron chi connectivity index (χ4n) is 6.02. The molecule has 1 amide bonds. The maximum Gasteiger partial charge on any atom is 0.415 e. The molecule has 0 atom stereocenters. The zero-order valence-electron chi connectivity index (χ0n) is 34.0. The van der Waals surface area contributed by atoms with Gasteiger partial charge in [-0.3, -0.25) is 0 Å². The number of anilines is 2. The average Bonchev–Trinajstić information content (AvgIpc) is 3.27. The van der Waals surface area contributed by atoms with Gasteiger partial charge in [-0.1, -0.05) is 94.9 Å². The predicted molar refractivity (Wildman–Crippen MR) is 237 cm³/mol. The highest BCUT2D eigenvalue weighted by Gasteiger charge is 2.50. The van der Waals surface area contributed by atoms with Gasteiger partial charge in [0.25, 0.3) is 0 Å². The summed E-state index contributed by atoms with van der Waals surface area (Å²) in [6.45, 7) is 2.45. The molecule has 21 heteroatoms. The Balaban J connectivity index is 1.17. The topological polar surface area (TPSA) is 167 Å². The molecule has 0 bridgehead atoms. The Morgan fingerprint density at radius 2 is 1.08 bits per heavy atom. The van der Waals surface area contributed by atoms with Crippen LogP contribution in [-0.2, 0) is 39.0 Å². The summed E-state index contributed by atoms with van der Waals surface area (Å²) in [4.78, 5) is 54.8. The molecule has 6 aromatic rings. The first-order valence-electron chi connectivity index (χ1n) is 19.3. The summed E-state index contributed by atoms with van der Waals surface area (Å²) in [6, 6.07) is 20.7. The lowest BCUT2D eigenvalue weighted by molar-refractivity contribution is -0.194. The van der Waals surface area contributed by atoms with Crippen molar-refractivity contribution in [2.24, 2.45) is 0 Å². The van der Waals surface area contributed by atoms with Crippen molar-refractivity contribution in [2.45, 2.75) is 31.6 Å². The average molecular weight is 976 g/mol. The van der Waals surface area contributed by atoms with Gasteiger partial charge >= 0.3 is 41.9 Å². The number of hydrogen-bond donors (Lipinski definition) is 3. The van der Waals surface area contributed by atoms with Gasteiger partial charge in [-0.25, -0.2) is 14.4 Å². The van der Waals surface area contributed by atoms with Crippen molar-refractivity contribution in [2.75, 3.05) is 37.4 Å². The lowest BCUT2D eigenvalue weighted by Gasteiger charge is -2.19. The molecular formula is C44H35Cl4F4N7O6. The Morgan fingerprint density at radius 1 is 0.615 bits per heavy atom. The van der Waals surface area contributed by atoms with Crippen LogP contribution in [0, 0.1) is 0 Å². The Kier molecular flexibility index (Phi) is 15.7. The molecule has 0 unspecified atom stereocenters. The maximum absolute atomic E-state index is 15.8. The first-order chi connectivity index (χ1) is 31.0. The van der Waals surface area contributed by atoms with Crippen LogP contribution in [0.1, 0.15) is 29.2 Å². The van der Waals surface area contributed by atoms with E-state index in [0.29, 0.717) is 39.5 Å². The first-order valence-corrected chi connectivity index (χ1v) is 20.9. The summed E-state index contributed by atoms with van der Waals surface area (Å²) in [5.74, 6) is -14.0. The second-order valence-electron chi connectivity index (χ2n) is 13.8. The Morgan fingerprint density at radius 3 is 1.52 bits per heavy atom. The molecule has 0 aliphatic carbocycles.